The molecule has 2 fully saturated rings. The fraction of sp³-hybridized carbons (Fsp3) is 0.857. The van der Waals surface area contributed by atoms with Crippen molar-refractivity contribution in [2.24, 2.45) is 17.8 Å². The summed E-state index contributed by atoms with van der Waals surface area (Å²) in [6.45, 7) is 4.49. The van der Waals surface area contributed by atoms with E-state index in [4.69, 9.17) is 0 Å². The summed E-state index contributed by atoms with van der Waals surface area (Å²) in [4.78, 5) is 25.1. The molecule has 0 bridgehead atoms. The van der Waals surface area contributed by atoms with Crippen molar-refractivity contribution in [2.45, 2.75) is 52.0 Å². The van der Waals surface area contributed by atoms with Crippen LogP contribution in [0.15, 0.2) is 0 Å². The Hall–Kier alpha value is -1.06. The molecule has 4 nitrogen and oxygen atoms in total. The van der Waals surface area contributed by atoms with Crippen LogP contribution in [0, 0.1) is 17.8 Å². The summed E-state index contributed by atoms with van der Waals surface area (Å²) in [6, 6.07) is -0.168. The molecule has 0 aromatic heterocycles. The number of nitrogens with zero attached hydrogens (tertiary/aromatic N) is 1. The van der Waals surface area contributed by atoms with Gasteiger partial charge in [-0.15, -0.1) is 0 Å². The van der Waals surface area contributed by atoms with Gasteiger partial charge in [-0.2, -0.15) is 0 Å². The minimum Gasteiger partial charge on any atom is -0.481 e. The molecule has 0 radical (unpaired) electrons. The van der Waals surface area contributed by atoms with Gasteiger partial charge < -0.3 is 10.0 Å². The van der Waals surface area contributed by atoms with Crippen molar-refractivity contribution >= 4 is 11.9 Å². The minimum absolute atomic E-state index is 0.0510. The molecular weight excluding hydrogens is 230 g/mol. The van der Waals surface area contributed by atoms with Crippen molar-refractivity contribution in [3.05, 3.63) is 0 Å². The molecule has 4 heteroatoms. The molecule has 1 aliphatic heterocycles. The molecule has 2 rings (SSSR count). The number of amides is 1. The zero-order valence-corrected chi connectivity index (χ0v) is 11.3. The molecule has 1 saturated heterocycles. The summed E-state index contributed by atoms with van der Waals surface area (Å²) < 4.78 is 0. The lowest BCUT2D eigenvalue weighted by atomic mass is 9.79. The second-order valence-corrected chi connectivity index (χ2v) is 5.96. The molecular formula is C14H23NO3. The summed E-state index contributed by atoms with van der Waals surface area (Å²) in [6.07, 6.45) is 5.27. The highest BCUT2D eigenvalue weighted by Crippen LogP contribution is 2.33. The molecule has 1 saturated carbocycles. The van der Waals surface area contributed by atoms with Gasteiger partial charge >= 0.3 is 5.97 Å². The van der Waals surface area contributed by atoms with Gasteiger partial charge in [0.2, 0.25) is 5.91 Å². The van der Waals surface area contributed by atoms with E-state index in [0.717, 1.165) is 18.9 Å². The number of carbonyl (C=O) groups excluding carboxylic acids is 1. The summed E-state index contributed by atoms with van der Waals surface area (Å²) in [5.74, 6) is -0.343. The smallest absolute Gasteiger partial charge is 0.308 e. The predicted molar refractivity (Wildman–Crippen MR) is 68.0 cm³/mol. The number of likely N-dealkylation sites (tertiary alicyclic amines) is 1. The van der Waals surface area contributed by atoms with Crippen molar-refractivity contribution in [1.29, 1.82) is 0 Å². The number of piperidine rings is 1. The lowest BCUT2D eigenvalue weighted by Crippen LogP contribution is -2.53. The highest BCUT2D eigenvalue weighted by atomic mass is 16.4. The van der Waals surface area contributed by atoms with E-state index >= 15 is 0 Å². The average Bonchev–Trinajstić information content (AvgIpc) is 2.18. The maximum absolute atomic E-state index is 12.0. The van der Waals surface area contributed by atoms with Crippen molar-refractivity contribution in [3.8, 4) is 0 Å². The Kier molecular flexibility index (Phi) is 3.93. The van der Waals surface area contributed by atoms with E-state index in [1.165, 1.54) is 19.3 Å². The largest absolute Gasteiger partial charge is 0.481 e. The average molecular weight is 253 g/mol. The topological polar surface area (TPSA) is 57.6 Å². The first-order valence-electron chi connectivity index (χ1n) is 7.03. The molecule has 102 valence electrons. The Balaban J connectivity index is 1.98. The van der Waals surface area contributed by atoms with Gasteiger partial charge in [0.1, 0.15) is 0 Å². The molecule has 3 atom stereocenters. The molecule has 18 heavy (non-hydrogen) atoms. The number of carboxylic acids is 1. The molecule has 2 aliphatic rings. The fourth-order valence-electron chi connectivity index (χ4n) is 3.30. The maximum Gasteiger partial charge on any atom is 0.308 e. The van der Waals surface area contributed by atoms with Crippen LogP contribution in [0.1, 0.15) is 46.0 Å². The molecule has 0 spiro atoms. The first kappa shape index (κ1) is 13.4. The summed E-state index contributed by atoms with van der Waals surface area (Å²) in [5.41, 5.74) is 0. The number of hydrogen-bond donors (Lipinski definition) is 1. The Bertz CT molecular complexity index is 338. The summed E-state index contributed by atoms with van der Waals surface area (Å²) >= 11 is 0. The van der Waals surface area contributed by atoms with E-state index in [9.17, 15) is 14.7 Å². The van der Waals surface area contributed by atoms with E-state index in [-0.39, 0.29) is 17.9 Å². The molecule has 1 N–H and O–H groups in total. The van der Waals surface area contributed by atoms with E-state index in [0.29, 0.717) is 6.42 Å². The van der Waals surface area contributed by atoms with Gasteiger partial charge in [-0.1, -0.05) is 26.2 Å². The Labute approximate surface area is 108 Å². The minimum atomic E-state index is -0.767. The van der Waals surface area contributed by atoms with Crippen LogP contribution < -0.4 is 0 Å². The molecule has 1 heterocycles. The highest BCUT2D eigenvalue weighted by Gasteiger charge is 2.41. The van der Waals surface area contributed by atoms with E-state index in [2.05, 4.69) is 0 Å². The number of hydrogen-bond acceptors (Lipinski definition) is 2. The fourth-order valence-corrected chi connectivity index (χ4v) is 3.30. The van der Waals surface area contributed by atoms with E-state index in [1.54, 1.807) is 4.90 Å². The van der Waals surface area contributed by atoms with Crippen LogP contribution >= 0.6 is 0 Å². The lowest BCUT2D eigenvalue weighted by molar-refractivity contribution is -0.154. The van der Waals surface area contributed by atoms with Crippen LogP contribution in [-0.2, 0) is 9.59 Å². The molecule has 1 amide bonds. The third kappa shape index (κ3) is 2.52. The zero-order chi connectivity index (χ0) is 13.3. The molecule has 1 aliphatic carbocycles. The molecule has 3 unspecified atom stereocenters. The SMILES string of the molecule is CC1CC(=O)N(CCC2CCC2)C(C)C1C(=O)O. The van der Waals surface area contributed by atoms with Crippen LogP contribution in [0.5, 0.6) is 0 Å². The lowest BCUT2D eigenvalue weighted by Gasteiger charge is -2.41. The van der Waals surface area contributed by atoms with Gasteiger partial charge in [0.05, 0.1) is 5.92 Å². The predicted octanol–water partition coefficient (Wildman–Crippen LogP) is 2.13. The van der Waals surface area contributed by atoms with Crippen molar-refractivity contribution in [1.82, 2.24) is 4.90 Å². The van der Waals surface area contributed by atoms with Gasteiger partial charge in [0.15, 0.2) is 0 Å². The number of rotatable bonds is 4. The van der Waals surface area contributed by atoms with Gasteiger partial charge in [0.25, 0.3) is 0 Å². The zero-order valence-electron chi connectivity index (χ0n) is 11.3. The Morgan fingerprint density at radius 3 is 2.56 bits per heavy atom. The van der Waals surface area contributed by atoms with Crippen molar-refractivity contribution < 1.29 is 14.7 Å². The van der Waals surface area contributed by atoms with Crippen LogP contribution in [0.4, 0.5) is 0 Å². The maximum atomic E-state index is 12.0. The number of aliphatic carboxylic acids is 1. The van der Waals surface area contributed by atoms with E-state index < -0.39 is 11.9 Å². The Morgan fingerprint density at radius 2 is 2.06 bits per heavy atom. The summed E-state index contributed by atoms with van der Waals surface area (Å²) in [7, 11) is 0. The van der Waals surface area contributed by atoms with E-state index in [1.807, 2.05) is 13.8 Å². The second kappa shape index (κ2) is 5.29. The first-order chi connectivity index (χ1) is 8.50. The van der Waals surface area contributed by atoms with Crippen LogP contribution in [-0.4, -0.2) is 34.5 Å². The first-order valence-corrected chi connectivity index (χ1v) is 7.03. The number of carboxylic acid groups (broad SMARTS) is 1. The molecule has 0 aromatic carbocycles. The highest BCUT2D eigenvalue weighted by molar-refractivity contribution is 5.81. The van der Waals surface area contributed by atoms with Crippen LogP contribution in [0.25, 0.3) is 0 Å². The third-order valence-corrected chi connectivity index (χ3v) is 4.73. The second-order valence-electron chi connectivity index (χ2n) is 5.96. The van der Waals surface area contributed by atoms with Crippen molar-refractivity contribution in [2.75, 3.05) is 6.54 Å². The number of carbonyl (C=O) groups is 2. The van der Waals surface area contributed by atoms with Gasteiger partial charge in [-0.25, -0.2) is 0 Å². The van der Waals surface area contributed by atoms with Gasteiger partial charge in [-0.05, 0) is 25.2 Å². The monoisotopic (exact) mass is 253 g/mol. The standard InChI is InChI=1S/C14H23NO3/c1-9-8-12(16)15(7-6-11-4-3-5-11)10(2)13(9)14(17)18/h9-11,13H,3-8H2,1-2H3,(H,17,18). The van der Waals surface area contributed by atoms with Gasteiger partial charge in [0, 0.05) is 19.0 Å². The normalized spacial score (nSPS) is 33.3. The quantitative estimate of drug-likeness (QED) is 0.835. The summed E-state index contributed by atoms with van der Waals surface area (Å²) in [5, 5.41) is 9.28. The molecule has 0 aromatic rings. The third-order valence-electron chi connectivity index (χ3n) is 4.73. The Morgan fingerprint density at radius 1 is 1.39 bits per heavy atom. The van der Waals surface area contributed by atoms with Crippen molar-refractivity contribution in [3.63, 3.8) is 0 Å². The van der Waals surface area contributed by atoms with Crippen LogP contribution in [0.3, 0.4) is 0 Å². The van der Waals surface area contributed by atoms with Crippen LogP contribution in [0.2, 0.25) is 0 Å². The van der Waals surface area contributed by atoms with Gasteiger partial charge in [-0.3, -0.25) is 9.59 Å².